The minimum Gasteiger partial charge on any atom is -0.495 e. The van der Waals surface area contributed by atoms with Crippen molar-refractivity contribution in [2.45, 2.75) is 6.42 Å². The third-order valence-electron chi connectivity index (χ3n) is 3.04. The highest BCUT2D eigenvalue weighted by atomic mass is 16.5. The summed E-state index contributed by atoms with van der Waals surface area (Å²) in [5.41, 5.74) is 7.27. The van der Waals surface area contributed by atoms with Crippen molar-refractivity contribution in [3.63, 3.8) is 0 Å². The van der Waals surface area contributed by atoms with Crippen LogP contribution in [0.1, 0.15) is 12.0 Å². The topological polar surface area (TPSA) is 55.6 Å². The van der Waals surface area contributed by atoms with Crippen molar-refractivity contribution in [1.29, 1.82) is 0 Å². The first-order chi connectivity index (χ1) is 9.20. The second kappa shape index (κ2) is 6.09. The molecule has 4 heteroatoms. The molecule has 0 saturated carbocycles. The number of carbonyl (C=O) groups excluding carboxylic acids is 1. The van der Waals surface area contributed by atoms with E-state index in [0.29, 0.717) is 18.0 Å². The van der Waals surface area contributed by atoms with Gasteiger partial charge in [0, 0.05) is 19.2 Å². The van der Waals surface area contributed by atoms with E-state index in [1.807, 2.05) is 17.0 Å². The highest BCUT2D eigenvalue weighted by Gasteiger charge is 2.10. The Labute approximate surface area is 113 Å². The number of anilines is 1. The molecule has 0 atom stereocenters. The maximum Gasteiger partial charge on any atom is 0.246 e. The number of nitrogen functional groups attached to an aromatic ring is 1. The molecule has 0 radical (unpaired) electrons. The zero-order chi connectivity index (χ0) is 13.7. The molecule has 0 saturated heterocycles. The van der Waals surface area contributed by atoms with Crippen LogP contribution in [0.5, 0.6) is 5.75 Å². The summed E-state index contributed by atoms with van der Waals surface area (Å²) < 4.78 is 5.09. The third-order valence-corrected chi connectivity index (χ3v) is 3.04. The Balaban J connectivity index is 2.03. The van der Waals surface area contributed by atoms with Gasteiger partial charge in [-0.3, -0.25) is 4.79 Å². The minimum absolute atomic E-state index is 0.0266. The molecule has 1 amide bonds. The first-order valence-electron chi connectivity index (χ1n) is 6.26. The fourth-order valence-electron chi connectivity index (χ4n) is 1.97. The zero-order valence-corrected chi connectivity index (χ0v) is 11.0. The number of amides is 1. The molecule has 0 aromatic heterocycles. The van der Waals surface area contributed by atoms with Gasteiger partial charge in [-0.15, -0.1) is 0 Å². The Kier molecular flexibility index (Phi) is 4.23. The van der Waals surface area contributed by atoms with Crippen molar-refractivity contribution in [2.24, 2.45) is 0 Å². The van der Waals surface area contributed by atoms with Crippen LogP contribution in [-0.4, -0.2) is 31.0 Å². The van der Waals surface area contributed by atoms with E-state index in [1.54, 1.807) is 31.4 Å². The third kappa shape index (κ3) is 3.37. The standard InChI is InChI=1S/C15H18N2O2/c1-19-14-7-5-12(11-13(14)16)6-8-15(18)17-9-3-2-4-10-17/h2-3,5-8,11H,4,9-10,16H2,1H3/b8-6+. The molecular weight excluding hydrogens is 240 g/mol. The van der Waals surface area contributed by atoms with Crippen LogP contribution in [0.25, 0.3) is 6.08 Å². The lowest BCUT2D eigenvalue weighted by atomic mass is 10.1. The molecule has 1 heterocycles. The predicted octanol–water partition coefficient (Wildman–Crippen LogP) is 2.08. The largest absolute Gasteiger partial charge is 0.495 e. The predicted molar refractivity (Wildman–Crippen MR) is 76.8 cm³/mol. The van der Waals surface area contributed by atoms with E-state index < -0.39 is 0 Å². The molecule has 0 aliphatic carbocycles. The highest BCUT2D eigenvalue weighted by Crippen LogP contribution is 2.22. The summed E-state index contributed by atoms with van der Waals surface area (Å²) in [7, 11) is 1.58. The monoisotopic (exact) mass is 258 g/mol. The molecule has 4 nitrogen and oxygen atoms in total. The van der Waals surface area contributed by atoms with Crippen LogP contribution >= 0.6 is 0 Å². The van der Waals surface area contributed by atoms with E-state index in [4.69, 9.17) is 10.5 Å². The molecule has 0 spiro atoms. The summed E-state index contributed by atoms with van der Waals surface area (Å²) in [4.78, 5) is 13.7. The lowest BCUT2D eigenvalue weighted by Gasteiger charge is -2.21. The molecule has 0 unspecified atom stereocenters. The summed E-state index contributed by atoms with van der Waals surface area (Å²) in [5.74, 6) is 0.670. The summed E-state index contributed by atoms with van der Waals surface area (Å²) in [6.45, 7) is 1.47. The van der Waals surface area contributed by atoms with Crippen LogP contribution in [0.3, 0.4) is 0 Å². The number of benzene rings is 1. The Bertz CT molecular complexity index is 521. The lowest BCUT2D eigenvalue weighted by Crippen LogP contribution is -2.32. The summed E-state index contributed by atoms with van der Waals surface area (Å²) in [5, 5.41) is 0. The first-order valence-corrected chi connectivity index (χ1v) is 6.26. The van der Waals surface area contributed by atoms with E-state index in [-0.39, 0.29) is 5.91 Å². The number of nitrogens with two attached hydrogens (primary N) is 1. The Morgan fingerprint density at radius 1 is 1.42 bits per heavy atom. The average Bonchev–Trinajstić information content (AvgIpc) is 2.46. The van der Waals surface area contributed by atoms with Crippen molar-refractivity contribution in [2.75, 3.05) is 25.9 Å². The van der Waals surface area contributed by atoms with E-state index in [9.17, 15) is 4.79 Å². The fraction of sp³-hybridized carbons (Fsp3) is 0.267. The second-order valence-electron chi connectivity index (χ2n) is 4.38. The van der Waals surface area contributed by atoms with Gasteiger partial charge in [0.15, 0.2) is 0 Å². The van der Waals surface area contributed by atoms with E-state index in [1.165, 1.54) is 0 Å². The second-order valence-corrected chi connectivity index (χ2v) is 4.38. The number of rotatable bonds is 3. The molecule has 2 N–H and O–H groups in total. The van der Waals surface area contributed by atoms with Gasteiger partial charge in [-0.2, -0.15) is 0 Å². The van der Waals surface area contributed by atoms with Crippen molar-refractivity contribution < 1.29 is 9.53 Å². The smallest absolute Gasteiger partial charge is 0.246 e. The first kappa shape index (κ1) is 13.2. The quantitative estimate of drug-likeness (QED) is 0.513. The number of hydrogen-bond donors (Lipinski definition) is 1. The van der Waals surface area contributed by atoms with Gasteiger partial charge in [0.2, 0.25) is 5.91 Å². The van der Waals surface area contributed by atoms with Crippen molar-refractivity contribution in [1.82, 2.24) is 4.90 Å². The van der Waals surface area contributed by atoms with Gasteiger partial charge < -0.3 is 15.4 Å². The van der Waals surface area contributed by atoms with Crippen LogP contribution in [0.15, 0.2) is 36.4 Å². The number of carbonyl (C=O) groups is 1. The Hall–Kier alpha value is -2.23. The van der Waals surface area contributed by atoms with E-state index >= 15 is 0 Å². The number of nitrogens with zero attached hydrogens (tertiary/aromatic N) is 1. The molecule has 1 aromatic rings. The van der Waals surface area contributed by atoms with E-state index in [0.717, 1.165) is 18.5 Å². The number of ether oxygens (including phenoxy) is 1. The molecule has 2 rings (SSSR count). The summed E-state index contributed by atoms with van der Waals surface area (Å²) >= 11 is 0. The van der Waals surface area contributed by atoms with Gasteiger partial charge in [0.25, 0.3) is 0 Å². The van der Waals surface area contributed by atoms with E-state index in [2.05, 4.69) is 6.08 Å². The van der Waals surface area contributed by atoms with Gasteiger partial charge >= 0.3 is 0 Å². The van der Waals surface area contributed by atoms with Crippen molar-refractivity contribution in [3.8, 4) is 5.75 Å². The molecule has 0 fully saturated rings. The number of hydrogen-bond acceptors (Lipinski definition) is 3. The van der Waals surface area contributed by atoms with Crippen LogP contribution in [-0.2, 0) is 4.79 Å². The molecule has 1 aliphatic heterocycles. The molecule has 100 valence electrons. The maximum atomic E-state index is 11.9. The van der Waals surface area contributed by atoms with Crippen LogP contribution < -0.4 is 10.5 Å². The Morgan fingerprint density at radius 2 is 2.26 bits per heavy atom. The normalized spacial score (nSPS) is 14.9. The molecule has 1 aliphatic rings. The van der Waals surface area contributed by atoms with Gasteiger partial charge in [0.1, 0.15) is 5.75 Å². The van der Waals surface area contributed by atoms with Crippen molar-refractivity contribution in [3.05, 3.63) is 42.0 Å². The molecule has 1 aromatic carbocycles. The lowest BCUT2D eigenvalue weighted by molar-refractivity contribution is -0.125. The number of methoxy groups -OCH3 is 1. The molecule has 19 heavy (non-hydrogen) atoms. The van der Waals surface area contributed by atoms with Gasteiger partial charge in [0.05, 0.1) is 12.8 Å². The van der Waals surface area contributed by atoms with Gasteiger partial charge in [-0.05, 0) is 30.2 Å². The Morgan fingerprint density at radius 3 is 2.89 bits per heavy atom. The van der Waals surface area contributed by atoms with Crippen LogP contribution in [0.2, 0.25) is 0 Å². The zero-order valence-electron chi connectivity index (χ0n) is 11.0. The molecule has 0 bridgehead atoms. The van der Waals surface area contributed by atoms with Crippen LogP contribution in [0, 0.1) is 0 Å². The summed E-state index contributed by atoms with van der Waals surface area (Å²) in [6, 6.07) is 5.46. The van der Waals surface area contributed by atoms with Crippen LogP contribution in [0.4, 0.5) is 5.69 Å². The fourth-order valence-corrected chi connectivity index (χ4v) is 1.97. The maximum absolute atomic E-state index is 11.9. The van der Waals surface area contributed by atoms with Gasteiger partial charge in [-0.25, -0.2) is 0 Å². The highest BCUT2D eigenvalue weighted by molar-refractivity contribution is 5.92. The average molecular weight is 258 g/mol. The van der Waals surface area contributed by atoms with Gasteiger partial charge in [-0.1, -0.05) is 18.2 Å². The molecular formula is C15H18N2O2. The SMILES string of the molecule is COc1ccc(/C=C/C(=O)N2CC=CCC2)cc1N. The minimum atomic E-state index is 0.0266. The summed E-state index contributed by atoms with van der Waals surface area (Å²) in [6.07, 6.45) is 8.39. The van der Waals surface area contributed by atoms with Crippen molar-refractivity contribution >= 4 is 17.7 Å².